The molecular weight excluding hydrogens is 296 g/mol. The number of hydrogen-bond acceptors (Lipinski definition) is 5. The van der Waals surface area contributed by atoms with Gasteiger partial charge in [-0.3, -0.25) is 9.78 Å². The minimum atomic E-state index is -0.315. The zero-order valence-corrected chi connectivity index (χ0v) is 13.3. The van der Waals surface area contributed by atoms with Crippen LogP contribution in [0.4, 0.5) is 4.79 Å². The lowest BCUT2D eigenvalue weighted by Crippen LogP contribution is -2.39. The van der Waals surface area contributed by atoms with Crippen LogP contribution in [0, 0.1) is 0 Å². The highest BCUT2D eigenvalue weighted by molar-refractivity contribution is 5.96. The van der Waals surface area contributed by atoms with Gasteiger partial charge in [0.05, 0.1) is 18.7 Å². The lowest BCUT2D eigenvalue weighted by Gasteiger charge is -2.29. The van der Waals surface area contributed by atoms with Crippen LogP contribution >= 0.6 is 0 Å². The third-order valence-electron chi connectivity index (χ3n) is 4.31. The van der Waals surface area contributed by atoms with Crippen molar-refractivity contribution >= 4 is 12.0 Å². The molecule has 0 radical (unpaired) electrons. The van der Waals surface area contributed by atoms with E-state index in [1.165, 1.54) is 0 Å². The van der Waals surface area contributed by atoms with Gasteiger partial charge >= 0.3 is 6.09 Å². The van der Waals surface area contributed by atoms with Crippen molar-refractivity contribution in [1.29, 1.82) is 0 Å². The summed E-state index contributed by atoms with van der Waals surface area (Å²) in [5, 5.41) is 6.29. The van der Waals surface area contributed by atoms with Crippen LogP contribution in [0.2, 0.25) is 0 Å². The summed E-state index contributed by atoms with van der Waals surface area (Å²) < 4.78 is 5.04. The molecule has 1 aromatic rings. The van der Waals surface area contributed by atoms with Gasteiger partial charge in [0.1, 0.15) is 0 Å². The molecule has 0 saturated carbocycles. The first-order valence-corrected chi connectivity index (χ1v) is 8.08. The van der Waals surface area contributed by atoms with Crippen molar-refractivity contribution in [3.63, 3.8) is 0 Å². The number of rotatable bonds is 3. The van der Waals surface area contributed by atoms with E-state index in [1.807, 2.05) is 0 Å². The molecule has 23 heavy (non-hydrogen) atoms. The predicted molar refractivity (Wildman–Crippen MR) is 84.1 cm³/mol. The van der Waals surface area contributed by atoms with Gasteiger partial charge in [-0.2, -0.15) is 0 Å². The quantitative estimate of drug-likeness (QED) is 0.856. The molecule has 0 aromatic carbocycles. The summed E-state index contributed by atoms with van der Waals surface area (Å²) in [5.74, 6) is -0.0763. The van der Waals surface area contributed by atoms with Crippen LogP contribution in [-0.4, -0.2) is 54.2 Å². The van der Waals surface area contributed by atoms with Gasteiger partial charge < -0.3 is 20.3 Å². The normalized spacial score (nSPS) is 20.0. The standard InChI is InChI=1S/C16H22N4O3/c1-2-23-16(22)20-6-4-13-11(10-20)7-18-9-14(13)15(21)19-12-3-5-17-8-12/h7,9,12,17H,2-6,8,10H2,1H3,(H,19,21). The summed E-state index contributed by atoms with van der Waals surface area (Å²) >= 11 is 0. The van der Waals surface area contributed by atoms with Gasteiger partial charge in [-0.05, 0) is 37.4 Å². The maximum Gasteiger partial charge on any atom is 0.410 e. The van der Waals surface area contributed by atoms with Crippen LogP contribution in [0.1, 0.15) is 34.8 Å². The Labute approximate surface area is 135 Å². The van der Waals surface area contributed by atoms with Crippen molar-refractivity contribution in [2.75, 3.05) is 26.2 Å². The van der Waals surface area contributed by atoms with Crippen molar-refractivity contribution < 1.29 is 14.3 Å². The molecule has 1 unspecified atom stereocenters. The Morgan fingerprint density at radius 2 is 2.35 bits per heavy atom. The fraction of sp³-hybridized carbons (Fsp3) is 0.562. The van der Waals surface area contributed by atoms with E-state index in [0.29, 0.717) is 31.7 Å². The first-order valence-electron chi connectivity index (χ1n) is 8.08. The van der Waals surface area contributed by atoms with Gasteiger partial charge in [0.15, 0.2) is 0 Å². The highest BCUT2D eigenvalue weighted by Gasteiger charge is 2.26. The first-order chi connectivity index (χ1) is 11.2. The molecule has 0 aliphatic carbocycles. The summed E-state index contributed by atoms with van der Waals surface area (Å²) in [6.07, 6.45) is 4.63. The van der Waals surface area contributed by atoms with Crippen molar-refractivity contribution in [2.24, 2.45) is 0 Å². The van der Waals surface area contributed by atoms with Crippen LogP contribution in [-0.2, 0) is 17.7 Å². The minimum absolute atomic E-state index is 0.0763. The minimum Gasteiger partial charge on any atom is -0.450 e. The van der Waals surface area contributed by atoms with E-state index in [9.17, 15) is 9.59 Å². The average molecular weight is 318 g/mol. The molecule has 2 aliphatic rings. The van der Waals surface area contributed by atoms with E-state index >= 15 is 0 Å². The van der Waals surface area contributed by atoms with Gasteiger partial charge in [-0.1, -0.05) is 0 Å². The number of carbonyl (C=O) groups excluding carboxylic acids is 2. The van der Waals surface area contributed by atoms with Crippen LogP contribution in [0.25, 0.3) is 0 Å². The van der Waals surface area contributed by atoms with Crippen molar-refractivity contribution in [3.8, 4) is 0 Å². The number of aromatic nitrogens is 1. The zero-order valence-electron chi connectivity index (χ0n) is 13.3. The topological polar surface area (TPSA) is 83.6 Å². The Morgan fingerprint density at radius 1 is 1.48 bits per heavy atom. The summed E-state index contributed by atoms with van der Waals surface area (Å²) in [6.45, 7) is 4.89. The van der Waals surface area contributed by atoms with Gasteiger partial charge in [-0.25, -0.2) is 4.79 Å². The van der Waals surface area contributed by atoms with Crippen LogP contribution in [0.5, 0.6) is 0 Å². The van der Waals surface area contributed by atoms with Gasteiger partial charge in [0, 0.05) is 31.5 Å². The maximum absolute atomic E-state index is 12.5. The number of nitrogens with one attached hydrogen (secondary N) is 2. The molecular formula is C16H22N4O3. The fourth-order valence-corrected chi connectivity index (χ4v) is 3.10. The second-order valence-corrected chi connectivity index (χ2v) is 5.86. The summed E-state index contributed by atoms with van der Waals surface area (Å²) in [7, 11) is 0. The summed E-state index contributed by atoms with van der Waals surface area (Å²) in [5.41, 5.74) is 2.53. The van der Waals surface area contributed by atoms with E-state index in [-0.39, 0.29) is 18.0 Å². The number of amides is 2. The van der Waals surface area contributed by atoms with E-state index in [4.69, 9.17) is 4.74 Å². The second kappa shape index (κ2) is 6.95. The van der Waals surface area contributed by atoms with Crippen molar-refractivity contribution in [3.05, 3.63) is 29.1 Å². The molecule has 1 saturated heterocycles. The highest BCUT2D eigenvalue weighted by Crippen LogP contribution is 2.22. The Hall–Kier alpha value is -2.15. The fourth-order valence-electron chi connectivity index (χ4n) is 3.10. The number of nitrogens with zero attached hydrogens (tertiary/aromatic N) is 2. The molecule has 1 fully saturated rings. The lowest BCUT2D eigenvalue weighted by atomic mass is 9.96. The lowest BCUT2D eigenvalue weighted by molar-refractivity contribution is 0.0936. The third kappa shape index (κ3) is 3.44. The SMILES string of the molecule is CCOC(=O)N1CCc2c(cncc2C(=O)NC2CCNC2)C1. The number of pyridine rings is 1. The van der Waals surface area contributed by atoms with E-state index in [2.05, 4.69) is 15.6 Å². The Balaban J connectivity index is 1.73. The first kappa shape index (κ1) is 15.7. The Kier molecular flexibility index (Phi) is 4.76. The molecule has 1 atom stereocenters. The number of carbonyl (C=O) groups is 2. The van der Waals surface area contributed by atoms with Crippen molar-refractivity contribution in [2.45, 2.75) is 32.4 Å². The van der Waals surface area contributed by atoms with Crippen LogP contribution in [0.15, 0.2) is 12.4 Å². The molecule has 7 heteroatoms. The summed E-state index contributed by atoms with van der Waals surface area (Å²) in [4.78, 5) is 30.2. The van der Waals surface area contributed by atoms with E-state index in [1.54, 1.807) is 24.2 Å². The van der Waals surface area contributed by atoms with Gasteiger partial charge in [0.25, 0.3) is 5.91 Å². The predicted octanol–water partition coefficient (Wildman–Crippen LogP) is 0.688. The number of ether oxygens (including phenoxy) is 1. The van der Waals surface area contributed by atoms with Crippen LogP contribution in [0.3, 0.4) is 0 Å². The van der Waals surface area contributed by atoms with E-state index < -0.39 is 0 Å². The largest absolute Gasteiger partial charge is 0.450 e. The molecule has 2 aliphatic heterocycles. The maximum atomic E-state index is 12.5. The monoisotopic (exact) mass is 318 g/mol. The molecule has 2 N–H and O–H groups in total. The van der Waals surface area contributed by atoms with Crippen molar-refractivity contribution in [1.82, 2.24) is 20.5 Å². The Bertz CT molecular complexity index is 599. The summed E-state index contributed by atoms with van der Waals surface area (Å²) in [6, 6.07) is 0.179. The highest BCUT2D eigenvalue weighted by atomic mass is 16.6. The van der Waals surface area contributed by atoms with Crippen LogP contribution < -0.4 is 10.6 Å². The van der Waals surface area contributed by atoms with Gasteiger partial charge in [-0.15, -0.1) is 0 Å². The molecule has 0 bridgehead atoms. The molecule has 7 nitrogen and oxygen atoms in total. The Morgan fingerprint density at radius 3 is 3.09 bits per heavy atom. The molecule has 0 spiro atoms. The molecule has 3 heterocycles. The number of hydrogen-bond donors (Lipinski definition) is 2. The molecule has 3 rings (SSSR count). The molecule has 124 valence electrons. The molecule has 1 aromatic heterocycles. The number of fused-ring (bicyclic) bond motifs is 1. The second-order valence-electron chi connectivity index (χ2n) is 5.86. The van der Waals surface area contributed by atoms with E-state index in [0.717, 1.165) is 30.6 Å². The smallest absolute Gasteiger partial charge is 0.410 e. The molecule has 2 amide bonds. The average Bonchev–Trinajstić information content (AvgIpc) is 3.07. The third-order valence-corrected chi connectivity index (χ3v) is 4.31. The zero-order chi connectivity index (χ0) is 16.2. The van der Waals surface area contributed by atoms with Gasteiger partial charge in [0.2, 0.25) is 0 Å².